The standard InChI is InChI=1S/C24H30F2N4O4/c1-3-20(28-14-9-18(31)19(32)10-14)24(34)11-30(12-24)23(33)15-6-7-27-22(26)21(15)29-17-5-4-13(2)8-16(17)25/h4-8,14,18-20,28-29,31-32,34H,3,9-12H2,1-2H3/t14?,18-,19+,20-/m0/s1. The van der Waals surface area contributed by atoms with Crippen molar-refractivity contribution < 1.29 is 28.9 Å². The minimum Gasteiger partial charge on any atom is -0.390 e. The number of hydrogen-bond donors (Lipinski definition) is 5. The Labute approximate surface area is 196 Å². The Morgan fingerprint density at radius 1 is 1.24 bits per heavy atom. The minimum absolute atomic E-state index is 0.0161. The van der Waals surface area contributed by atoms with Gasteiger partial charge in [-0.1, -0.05) is 13.0 Å². The number of anilines is 2. The monoisotopic (exact) mass is 476 g/mol. The van der Waals surface area contributed by atoms with E-state index in [0.29, 0.717) is 24.8 Å². The summed E-state index contributed by atoms with van der Waals surface area (Å²) in [7, 11) is 0. The summed E-state index contributed by atoms with van der Waals surface area (Å²) < 4.78 is 28.9. The Hall–Kier alpha value is -2.66. The normalized spacial score (nSPS) is 24.6. The fraction of sp³-hybridized carbons (Fsp3) is 0.500. The number of β-amino-alcohol motifs (C(OH)–C–C–N with tert-alkyl or cyclic N) is 1. The Kier molecular flexibility index (Phi) is 6.86. The fourth-order valence-electron chi connectivity index (χ4n) is 4.81. The zero-order chi connectivity index (χ0) is 24.6. The molecule has 8 nitrogen and oxygen atoms in total. The molecule has 4 rings (SSSR count). The van der Waals surface area contributed by atoms with Gasteiger partial charge in [-0.05, 0) is 49.9 Å². The quantitative estimate of drug-likeness (QED) is 0.387. The predicted molar refractivity (Wildman–Crippen MR) is 122 cm³/mol. The first-order chi connectivity index (χ1) is 16.1. The van der Waals surface area contributed by atoms with Gasteiger partial charge in [-0.3, -0.25) is 4.79 Å². The second-order valence-electron chi connectivity index (χ2n) is 9.33. The van der Waals surface area contributed by atoms with Gasteiger partial charge in [-0.2, -0.15) is 4.39 Å². The lowest BCUT2D eigenvalue weighted by atomic mass is 9.83. The van der Waals surface area contributed by atoms with Crippen LogP contribution in [-0.4, -0.2) is 74.1 Å². The molecule has 0 spiro atoms. The number of rotatable bonds is 7. The molecule has 0 radical (unpaired) electrons. The molecular weight excluding hydrogens is 446 g/mol. The van der Waals surface area contributed by atoms with Gasteiger partial charge in [0.25, 0.3) is 5.91 Å². The highest BCUT2D eigenvalue weighted by Gasteiger charge is 2.50. The van der Waals surface area contributed by atoms with Crippen LogP contribution in [0, 0.1) is 18.7 Å². The molecule has 1 aliphatic carbocycles. The van der Waals surface area contributed by atoms with Crippen molar-refractivity contribution in [3.63, 3.8) is 0 Å². The molecule has 4 atom stereocenters. The number of hydrogen-bond acceptors (Lipinski definition) is 7. The molecule has 2 aliphatic rings. The molecule has 10 heteroatoms. The van der Waals surface area contributed by atoms with Gasteiger partial charge in [0, 0.05) is 18.3 Å². The van der Waals surface area contributed by atoms with E-state index >= 15 is 0 Å². The van der Waals surface area contributed by atoms with Crippen LogP contribution in [0.15, 0.2) is 30.5 Å². The third-order valence-corrected chi connectivity index (χ3v) is 6.73. The van der Waals surface area contributed by atoms with E-state index in [9.17, 15) is 28.9 Å². The van der Waals surface area contributed by atoms with Crippen molar-refractivity contribution in [1.29, 1.82) is 0 Å². The summed E-state index contributed by atoms with van der Waals surface area (Å²) >= 11 is 0. The molecule has 34 heavy (non-hydrogen) atoms. The van der Waals surface area contributed by atoms with Crippen molar-refractivity contribution in [3.8, 4) is 0 Å². The lowest BCUT2D eigenvalue weighted by Gasteiger charge is -2.51. The molecule has 1 saturated carbocycles. The molecule has 1 aromatic carbocycles. The molecule has 2 fully saturated rings. The summed E-state index contributed by atoms with van der Waals surface area (Å²) in [4.78, 5) is 18.1. The maximum absolute atomic E-state index is 14.6. The van der Waals surface area contributed by atoms with Gasteiger partial charge < -0.3 is 30.9 Å². The summed E-state index contributed by atoms with van der Waals surface area (Å²) in [6.07, 6.45) is 0.919. The van der Waals surface area contributed by atoms with Crippen LogP contribution in [0.5, 0.6) is 0 Å². The highest BCUT2D eigenvalue weighted by Crippen LogP contribution is 2.33. The van der Waals surface area contributed by atoms with E-state index in [1.807, 2.05) is 6.92 Å². The minimum atomic E-state index is -1.20. The first-order valence-corrected chi connectivity index (χ1v) is 11.4. The average molecular weight is 477 g/mol. The van der Waals surface area contributed by atoms with Crippen LogP contribution in [0.3, 0.4) is 0 Å². The van der Waals surface area contributed by atoms with Crippen LogP contribution >= 0.6 is 0 Å². The van der Waals surface area contributed by atoms with Gasteiger partial charge in [-0.25, -0.2) is 9.37 Å². The second kappa shape index (κ2) is 9.53. The van der Waals surface area contributed by atoms with Gasteiger partial charge >= 0.3 is 0 Å². The number of aliphatic hydroxyl groups is 3. The Bertz CT molecular complexity index is 1050. The van der Waals surface area contributed by atoms with E-state index < -0.39 is 35.5 Å². The van der Waals surface area contributed by atoms with Gasteiger partial charge in [0.1, 0.15) is 17.1 Å². The molecule has 1 aliphatic heterocycles. The number of amides is 1. The van der Waals surface area contributed by atoms with Crippen LogP contribution < -0.4 is 10.6 Å². The molecule has 1 unspecified atom stereocenters. The Balaban J connectivity index is 1.46. The van der Waals surface area contributed by atoms with Crippen LogP contribution in [0.25, 0.3) is 0 Å². The van der Waals surface area contributed by atoms with Gasteiger partial charge in [0.15, 0.2) is 0 Å². The molecule has 2 heterocycles. The van der Waals surface area contributed by atoms with Crippen molar-refractivity contribution in [2.24, 2.45) is 0 Å². The number of aliphatic hydroxyl groups excluding tert-OH is 2. The molecule has 1 amide bonds. The van der Waals surface area contributed by atoms with Gasteiger partial charge in [0.05, 0.1) is 36.5 Å². The number of aryl methyl sites for hydroxylation is 1. The number of likely N-dealkylation sites (tertiary alicyclic amines) is 1. The Morgan fingerprint density at radius 3 is 2.53 bits per heavy atom. The smallest absolute Gasteiger partial charge is 0.256 e. The van der Waals surface area contributed by atoms with Crippen molar-refractivity contribution in [2.75, 3.05) is 18.4 Å². The van der Waals surface area contributed by atoms with Crippen LogP contribution in [0.1, 0.15) is 42.1 Å². The number of carbonyl (C=O) groups is 1. The van der Waals surface area contributed by atoms with Crippen molar-refractivity contribution >= 4 is 17.3 Å². The first-order valence-electron chi connectivity index (χ1n) is 11.4. The average Bonchev–Trinajstić information content (AvgIpc) is 3.09. The van der Waals surface area contributed by atoms with Crippen LogP contribution in [-0.2, 0) is 0 Å². The maximum atomic E-state index is 14.6. The summed E-state index contributed by atoms with van der Waals surface area (Å²) in [5.74, 6) is -2.03. The zero-order valence-corrected chi connectivity index (χ0v) is 19.1. The number of benzene rings is 1. The molecule has 1 aromatic heterocycles. The third kappa shape index (κ3) is 4.76. The van der Waals surface area contributed by atoms with E-state index in [-0.39, 0.29) is 42.1 Å². The summed E-state index contributed by atoms with van der Waals surface area (Å²) in [5.41, 5.74) is -0.734. The van der Waals surface area contributed by atoms with Crippen LogP contribution in [0.2, 0.25) is 0 Å². The molecule has 5 N–H and O–H groups in total. The SMILES string of the molecule is CC[C@H](NC1C[C@@H](O)[C@@H](O)C1)C1(O)CN(C(=O)c2ccnc(F)c2Nc2ccc(C)cc2F)C1. The van der Waals surface area contributed by atoms with Crippen molar-refractivity contribution in [3.05, 3.63) is 53.4 Å². The van der Waals surface area contributed by atoms with E-state index in [2.05, 4.69) is 15.6 Å². The second-order valence-corrected chi connectivity index (χ2v) is 9.33. The first kappa shape index (κ1) is 24.5. The summed E-state index contributed by atoms with van der Waals surface area (Å²) in [6, 6.07) is 5.28. The topological polar surface area (TPSA) is 118 Å². The van der Waals surface area contributed by atoms with Crippen molar-refractivity contribution in [1.82, 2.24) is 15.2 Å². The molecule has 0 bridgehead atoms. The lowest BCUT2D eigenvalue weighted by molar-refractivity contribution is -0.107. The van der Waals surface area contributed by atoms with Gasteiger partial charge in [0.2, 0.25) is 5.95 Å². The van der Waals surface area contributed by atoms with E-state index in [1.165, 1.54) is 29.3 Å². The van der Waals surface area contributed by atoms with E-state index in [0.717, 1.165) is 0 Å². The largest absolute Gasteiger partial charge is 0.390 e. The number of halogens is 2. The van der Waals surface area contributed by atoms with E-state index in [1.54, 1.807) is 13.0 Å². The fourth-order valence-corrected chi connectivity index (χ4v) is 4.81. The number of nitrogens with zero attached hydrogens (tertiary/aromatic N) is 2. The summed E-state index contributed by atoms with van der Waals surface area (Å²) in [5, 5.41) is 36.6. The predicted octanol–water partition coefficient (Wildman–Crippen LogP) is 1.85. The maximum Gasteiger partial charge on any atom is 0.256 e. The third-order valence-electron chi connectivity index (χ3n) is 6.73. The summed E-state index contributed by atoms with van der Waals surface area (Å²) in [6.45, 7) is 3.68. The number of aromatic nitrogens is 1. The zero-order valence-electron chi connectivity index (χ0n) is 19.1. The van der Waals surface area contributed by atoms with Crippen LogP contribution in [0.4, 0.5) is 20.2 Å². The molecule has 184 valence electrons. The lowest BCUT2D eigenvalue weighted by Crippen LogP contribution is -2.72. The number of nitrogens with one attached hydrogen (secondary N) is 2. The molecular formula is C24H30F2N4O4. The highest BCUT2D eigenvalue weighted by molar-refractivity contribution is 6.00. The van der Waals surface area contributed by atoms with Crippen molar-refractivity contribution in [2.45, 2.75) is 63.0 Å². The Morgan fingerprint density at radius 2 is 1.91 bits per heavy atom. The van der Waals surface area contributed by atoms with E-state index in [4.69, 9.17) is 0 Å². The van der Waals surface area contributed by atoms with Gasteiger partial charge in [-0.15, -0.1) is 0 Å². The molecule has 1 saturated heterocycles. The molecule has 2 aromatic rings. The number of carbonyl (C=O) groups excluding carboxylic acids is 1. The number of pyridine rings is 1. The highest BCUT2D eigenvalue weighted by atomic mass is 19.1.